The van der Waals surface area contributed by atoms with Crippen LogP contribution in [0, 0.1) is 20.8 Å². The molecule has 7 nitrogen and oxygen atoms in total. The van der Waals surface area contributed by atoms with Gasteiger partial charge in [-0.1, -0.05) is 6.07 Å². The lowest BCUT2D eigenvalue weighted by Crippen LogP contribution is -2.63. The fourth-order valence-corrected chi connectivity index (χ4v) is 3.70. The van der Waals surface area contributed by atoms with Gasteiger partial charge in [0.25, 0.3) is 10.1 Å². The van der Waals surface area contributed by atoms with Crippen molar-refractivity contribution in [2.45, 2.75) is 45.6 Å². The molecule has 30 heavy (non-hydrogen) atoms. The summed E-state index contributed by atoms with van der Waals surface area (Å²) in [6.45, 7) is 4.89. The normalized spacial score (nSPS) is 13.2. The molecule has 0 saturated carbocycles. The van der Waals surface area contributed by atoms with E-state index in [4.69, 9.17) is 4.55 Å². The molecule has 0 bridgehead atoms. The van der Waals surface area contributed by atoms with Gasteiger partial charge in [-0.3, -0.25) is 9.35 Å². The summed E-state index contributed by atoms with van der Waals surface area (Å²) in [5.41, 5.74) is -6.24. The summed E-state index contributed by atoms with van der Waals surface area (Å²) in [4.78, 5) is 23.7. The molecular weight excluding hydrogens is 448 g/mol. The molecule has 14 heteroatoms. The average molecular weight is 465 g/mol. The van der Waals surface area contributed by atoms with Crippen LogP contribution in [0.5, 0.6) is 0 Å². The highest BCUT2D eigenvalue weighted by Gasteiger charge is 2.76. The molecule has 0 spiro atoms. The van der Waals surface area contributed by atoms with Crippen LogP contribution in [0.15, 0.2) is 6.07 Å². The number of benzene rings is 1. The van der Waals surface area contributed by atoms with Gasteiger partial charge in [-0.15, -0.1) is 0 Å². The van der Waals surface area contributed by atoms with E-state index < -0.39 is 51.3 Å². The lowest BCUT2D eigenvalue weighted by Gasteiger charge is -2.35. The molecule has 1 aromatic carbocycles. The second kappa shape index (κ2) is 8.06. The highest BCUT2D eigenvalue weighted by molar-refractivity contribution is 7.85. The zero-order valence-electron chi connectivity index (χ0n) is 15.9. The second-order valence-electron chi connectivity index (χ2n) is 6.50. The molecule has 0 aromatic heterocycles. The smallest absolute Gasteiger partial charge is 0.435 e. The van der Waals surface area contributed by atoms with Crippen LogP contribution in [0.3, 0.4) is 0 Å². The van der Waals surface area contributed by atoms with Crippen LogP contribution in [0.2, 0.25) is 0 Å². The van der Waals surface area contributed by atoms with Gasteiger partial charge in [-0.2, -0.15) is 34.8 Å². The standard InChI is InChI=1S/C16H17F6NO6S/c1-7-5-8(2)12(23-10(4)24)9(3)11(7)13(25)29-14(15(17,18)19,16(20,21)22)6-30(26,27)28/h5H,6H2,1-4H3,(H,23,24)(H,26,27,28). The predicted octanol–water partition coefficient (Wildman–Crippen LogP) is 3.48. The van der Waals surface area contributed by atoms with Crippen molar-refractivity contribution in [3.05, 3.63) is 28.3 Å². The molecule has 0 aliphatic rings. The number of alkyl halides is 6. The molecule has 1 aromatic rings. The third-order valence-corrected chi connectivity index (χ3v) is 4.82. The van der Waals surface area contributed by atoms with Crippen LogP contribution in [-0.4, -0.2) is 48.6 Å². The van der Waals surface area contributed by atoms with Gasteiger partial charge in [-0.25, -0.2) is 4.79 Å². The Bertz CT molecular complexity index is 954. The first kappa shape index (κ1) is 25.7. The molecule has 0 radical (unpaired) electrons. The van der Waals surface area contributed by atoms with E-state index in [0.717, 1.165) is 13.8 Å². The number of amides is 1. The van der Waals surface area contributed by atoms with E-state index >= 15 is 0 Å². The molecule has 2 N–H and O–H groups in total. The number of carbonyl (C=O) groups excluding carboxylic acids is 2. The largest absolute Gasteiger partial charge is 0.438 e. The number of ether oxygens (including phenoxy) is 1. The Kier molecular flexibility index (Phi) is 6.90. The van der Waals surface area contributed by atoms with Crippen LogP contribution >= 0.6 is 0 Å². The Morgan fingerprint density at radius 1 is 1.03 bits per heavy atom. The third-order valence-electron chi connectivity index (χ3n) is 4.05. The molecule has 170 valence electrons. The molecule has 0 unspecified atom stereocenters. The van der Waals surface area contributed by atoms with E-state index in [9.17, 15) is 44.3 Å². The van der Waals surface area contributed by atoms with Crippen LogP contribution < -0.4 is 5.32 Å². The number of esters is 1. The van der Waals surface area contributed by atoms with Crippen molar-refractivity contribution in [2.24, 2.45) is 0 Å². The zero-order chi connectivity index (χ0) is 23.9. The van der Waals surface area contributed by atoms with E-state index in [1.807, 2.05) is 0 Å². The number of anilines is 1. The Morgan fingerprint density at radius 3 is 1.87 bits per heavy atom. The number of hydrogen-bond acceptors (Lipinski definition) is 5. The minimum absolute atomic E-state index is 0.0422. The summed E-state index contributed by atoms with van der Waals surface area (Å²) in [7, 11) is -5.90. The van der Waals surface area contributed by atoms with Crippen molar-refractivity contribution in [3.63, 3.8) is 0 Å². The maximum absolute atomic E-state index is 13.4. The zero-order valence-corrected chi connectivity index (χ0v) is 16.8. The van der Waals surface area contributed by atoms with E-state index in [0.29, 0.717) is 5.56 Å². The monoisotopic (exact) mass is 465 g/mol. The molecule has 0 saturated heterocycles. The maximum Gasteiger partial charge on any atom is 0.438 e. The van der Waals surface area contributed by atoms with Crippen molar-refractivity contribution in [2.75, 3.05) is 11.1 Å². The van der Waals surface area contributed by atoms with Crippen molar-refractivity contribution in [1.29, 1.82) is 0 Å². The molecule has 0 fully saturated rings. The van der Waals surface area contributed by atoms with Gasteiger partial charge >= 0.3 is 23.9 Å². The molecule has 0 heterocycles. The summed E-state index contributed by atoms with van der Waals surface area (Å²) in [6.07, 6.45) is -12.9. The van der Waals surface area contributed by atoms with Crippen LogP contribution in [-0.2, 0) is 19.6 Å². The minimum atomic E-state index is -6.44. The molecule has 0 atom stereocenters. The molecule has 1 rings (SSSR count). The van der Waals surface area contributed by atoms with E-state index in [2.05, 4.69) is 10.1 Å². The van der Waals surface area contributed by atoms with E-state index in [1.54, 1.807) is 0 Å². The van der Waals surface area contributed by atoms with Crippen LogP contribution in [0.4, 0.5) is 32.0 Å². The Hall–Kier alpha value is -2.35. The van der Waals surface area contributed by atoms with Crippen molar-refractivity contribution in [1.82, 2.24) is 0 Å². The molecule has 1 amide bonds. The maximum atomic E-state index is 13.4. The van der Waals surface area contributed by atoms with Gasteiger partial charge in [0.05, 0.1) is 5.56 Å². The van der Waals surface area contributed by atoms with Crippen molar-refractivity contribution in [3.8, 4) is 0 Å². The molecule has 0 aliphatic heterocycles. The first-order valence-corrected chi connectivity index (χ1v) is 9.55. The topological polar surface area (TPSA) is 110 Å². The lowest BCUT2D eigenvalue weighted by molar-refractivity contribution is -0.356. The van der Waals surface area contributed by atoms with Gasteiger partial charge in [0.2, 0.25) is 5.91 Å². The summed E-state index contributed by atoms with van der Waals surface area (Å²) in [5.74, 6) is -5.76. The number of nitrogens with one attached hydrogen (secondary N) is 1. The third kappa shape index (κ3) is 5.22. The molecular formula is C16H17F6NO6S. The van der Waals surface area contributed by atoms with Gasteiger partial charge in [0, 0.05) is 12.6 Å². The van der Waals surface area contributed by atoms with Crippen LogP contribution in [0.1, 0.15) is 34.0 Å². The number of halogens is 6. The highest BCUT2D eigenvalue weighted by Crippen LogP contribution is 2.47. The summed E-state index contributed by atoms with van der Waals surface area (Å²) >= 11 is 0. The van der Waals surface area contributed by atoms with E-state index in [-0.39, 0.29) is 16.8 Å². The number of aryl methyl sites for hydroxylation is 2. The first-order valence-electron chi connectivity index (χ1n) is 7.94. The van der Waals surface area contributed by atoms with Gasteiger partial charge in [0.15, 0.2) is 0 Å². The Balaban J connectivity index is 3.71. The predicted molar refractivity (Wildman–Crippen MR) is 91.6 cm³/mol. The fourth-order valence-electron chi connectivity index (χ4n) is 2.80. The van der Waals surface area contributed by atoms with Gasteiger partial charge < -0.3 is 10.1 Å². The minimum Gasteiger partial charge on any atom is -0.435 e. The highest BCUT2D eigenvalue weighted by atomic mass is 32.2. The summed E-state index contributed by atoms with van der Waals surface area (Å²) in [6, 6.07) is 1.21. The van der Waals surface area contributed by atoms with Gasteiger partial charge in [-0.05, 0) is 37.5 Å². The average Bonchev–Trinajstić information content (AvgIpc) is 2.46. The van der Waals surface area contributed by atoms with Gasteiger partial charge in [0.1, 0.15) is 5.75 Å². The Morgan fingerprint density at radius 2 is 1.50 bits per heavy atom. The van der Waals surface area contributed by atoms with Crippen molar-refractivity contribution < 1.29 is 53.6 Å². The number of hydrogen-bond donors (Lipinski definition) is 2. The quantitative estimate of drug-likeness (QED) is 0.392. The first-order chi connectivity index (χ1) is 13.2. The number of carbonyl (C=O) groups is 2. The summed E-state index contributed by atoms with van der Waals surface area (Å²) in [5, 5.41) is 2.30. The Labute approximate surface area is 167 Å². The van der Waals surface area contributed by atoms with E-state index in [1.165, 1.54) is 19.9 Å². The lowest BCUT2D eigenvalue weighted by atomic mass is 9.96. The van der Waals surface area contributed by atoms with Crippen LogP contribution in [0.25, 0.3) is 0 Å². The fraction of sp³-hybridized carbons (Fsp3) is 0.500. The number of rotatable bonds is 5. The van der Waals surface area contributed by atoms with Crippen molar-refractivity contribution >= 4 is 27.7 Å². The SMILES string of the molecule is CC(=O)Nc1c(C)cc(C)c(C(=O)OC(CS(=O)(=O)O)(C(F)(F)F)C(F)(F)F)c1C. The summed E-state index contributed by atoms with van der Waals surface area (Å²) < 4.78 is 114. The molecule has 0 aliphatic carbocycles. The second-order valence-corrected chi connectivity index (χ2v) is 7.96.